The van der Waals surface area contributed by atoms with Crippen LogP contribution in [0.1, 0.15) is 231 Å². The predicted molar refractivity (Wildman–Crippen MR) is 409 cm³/mol. The van der Waals surface area contributed by atoms with Crippen LogP contribution >= 0.6 is 0 Å². The van der Waals surface area contributed by atoms with Crippen LogP contribution < -0.4 is 26.6 Å². The summed E-state index contributed by atoms with van der Waals surface area (Å²) in [4.78, 5) is 206. The van der Waals surface area contributed by atoms with Crippen LogP contribution in [0, 0.1) is 47.3 Å². The summed E-state index contributed by atoms with van der Waals surface area (Å²) < 4.78 is 42.6. The van der Waals surface area contributed by atoms with E-state index in [9.17, 15) is 32.7 Å². The van der Waals surface area contributed by atoms with E-state index in [1.54, 1.807) is 39.5 Å². The highest BCUT2D eigenvalue weighted by atomic mass is 19.4. The summed E-state index contributed by atoms with van der Waals surface area (Å²) in [6.45, 7) is 21.0. The maximum absolute atomic E-state index is 15.7. The lowest BCUT2D eigenvalue weighted by molar-refractivity contribution is -0.184. The molecule has 2 saturated heterocycles. The first kappa shape index (κ1) is 94.2. The van der Waals surface area contributed by atoms with Gasteiger partial charge in [0.1, 0.15) is 60.4 Å². The summed E-state index contributed by atoms with van der Waals surface area (Å²) in [7, 11) is 9.73. The molecular formula is C79H136F3N13O14. The molecular weight excluding hydrogens is 1410 g/mol. The number of likely N-dealkylation sites (N-methyl/N-ethyl adjacent to an activating group) is 6. The third-order valence-electron chi connectivity index (χ3n) is 22.8. The third-order valence-corrected chi connectivity index (χ3v) is 22.8. The first-order chi connectivity index (χ1) is 51.0. The molecule has 0 aromatic carbocycles. The van der Waals surface area contributed by atoms with Crippen molar-refractivity contribution in [2.45, 2.75) is 303 Å². The van der Waals surface area contributed by atoms with Crippen LogP contribution in [-0.2, 0) is 62.3 Å². The molecule has 27 nitrogen and oxygen atoms in total. The largest absolute Gasteiger partial charge is 0.391 e. The van der Waals surface area contributed by atoms with Crippen molar-refractivity contribution >= 4 is 76.8 Å². The Labute approximate surface area is 646 Å². The highest BCUT2D eigenvalue weighted by Gasteiger charge is 2.47. The second-order valence-electron chi connectivity index (χ2n) is 33.4. The van der Waals surface area contributed by atoms with Crippen molar-refractivity contribution in [3.8, 4) is 0 Å². The maximum Gasteiger partial charge on any atom is 0.391 e. The van der Waals surface area contributed by atoms with Gasteiger partial charge in [-0.2, -0.15) is 13.2 Å². The predicted octanol–water partition coefficient (Wildman–Crippen LogP) is 6.41. The van der Waals surface area contributed by atoms with Gasteiger partial charge in [-0.3, -0.25) is 62.3 Å². The molecule has 109 heavy (non-hydrogen) atoms. The minimum absolute atomic E-state index is 0.00391. The fraction of sp³-hybridized carbons (Fsp3) is 0.835. The van der Waals surface area contributed by atoms with E-state index in [-0.39, 0.29) is 113 Å². The van der Waals surface area contributed by atoms with E-state index >= 15 is 47.9 Å². The van der Waals surface area contributed by atoms with Gasteiger partial charge < -0.3 is 70.9 Å². The summed E-state index contributed by atoms with van der Waals surface area (Å²) in [5, 5.41) is 25.4. The zero-order valence-electron chi connectivity index (χ0n) is 69.0. The van der Waals surface area contributed by atoms with Crippen molar-refractivity contribution < 1.29 is 80.6 Å². The Hall–Kier alpha value is -7.14. The minimum atomic E-state index is -4.47. The summed E-state index contributed by atoms with van der Waals surface area (Å²) in [6.07, 6.45) is -0.910. The molecule has 0 bridgehead atoms. The quantitative estimate of drug-likeness (QED) is 0.0724. The smallest absolute Gasteiger partial charge is 0.391 e. The fourth-order valence-electron chi connectivity index (χ4n) is 15.9. The van der Waals surface area contributed by atoms with Crippen molar-refractivity contribution in [1.29, 1.82) is 0 Å². The molecule has 2 saturated carbocycles. The number of likely N-dealkylation sites (tertiary alicyclic amines) is 1. The van der Waals surface area contributed by atoms with Gasteiger partial charge in [0.25, 0.3) is 0 Å². The number of nitrogens with one attached hydrogen (secondary N) is 5. The van der Waals surface area contributed by atoms with Gasteiger partial charge >= 0.3 is 6.18 Å². The highest BCUT2D eigenvalue weighted by molar-refractivity contribution is 6.00. The van der Waals surface area contributed by atoms with Gasteiger partial charge in [0, 0.05) is 75.4 Å². The number of aliphatic hydroxyl groups excluding tert-OH is 1. The second-order valence-corrected chi connectivity index (χ2v) is 33.4. The first-order valence-corrected chi connectivity index (χ1v) is 40.3. The van der Waals surface area contributed by atoms with E-state index in [2.05, 4.69) is 26.6 Å². The van der Waals surface area contributed by atoms with Crippen molar-refractivity contribution in [2.24, 2.45) is 47.3 Å². The minimum Gasteiger partial charge on any atom is -0.391 e. The summed E-state index contributed by atoms with van der Waals surface area (Å²) in [5.74, 6) is -13.7. The Morgan fingerprint density at radius 2 is 0.954 bits per heavy atom. The second kappa shape index (κ2) is 44.2. The normalized spacial score (nSPS) is 27.7. The molecule has 4 rings (SSSR count). The van der Waals surface area contributed by atoms with Crippen molar-refractivity contribution in [3.05, 3.63) is 0 Å². The lowest BCUT2D eigenvalue weighted by Gasteiger charge is -2.40. The van der Waals surface area contributed by atoms with Crippen LogP contribution in [0.2, 0.25) is 0 Å². The number of halogens is 3. The number of alkyl halides is 3. The number of nitrogens with zero attached hydrogens (tertiary/aromatic N) is 8. The maximum atomic E-state index is 15.7. The molecule has 2 aliphatic carbocycles. The van der Waals surface area contributed by atoms with Gasteiger partial charge in [0.15, 0.2) is 0 Å². The Morgan fingerprint density at radius 3 is 1.45 bits per heavy atom. The van der Waals surface area contributed by atoms with Gasteiger partial charge in [0.2, 0.25) is 76.8 Å². The third kappa shape index (κ3) is 27.6. The lowest BCUT2D eigenvalue weighted by Crippen LogP contribution is -2.63. The molecule has 6 N–H and O–H groups in total. The topological polar surface area (TPSA) is 328 Å². The zero-order chi connectivity index (χ0) is 82.2. The SMILES string of the molecule is CCCN1CC(=O)N(C)[C@@H](CC(C)C)C(=O)N[C@H](C(=O)N2CCCCC2)CC(=O)N(C)[C@@H](CC(C)C)C(=O)N[C@@H](CC2CCC(C(F)(F)F)CC2)C(=O)N(C)[C@@H](CC(C)C)C(=O)N(C)[C@@H](CC(C)C)C(=O)N[C@@H](CCC(=O)NC)C(=O)N(C)[C@@H](CC2CCCCC2)C(=O)N(C)[C@@H]([C@@H](C)CC)C(=O)N[C@@H]([C@@H](C)O)C1=O. The van der Waals surface area contributed by atoms with Crippen LogP contribution in [0.15, 0.2) is 0 Å². The monoisotopic (exact) mass is 1550 g/mol. The van der Waals surface area contributed by atoms with Gasteiger partial charge in [-0.15, -0.1) is 0 Å². The van der Waals surface area contributed by atoms with Gasteiger partial charge in [-0.1, -0.05) is 115 Å². The molecule has 13 amide bonds. The van der Waals surface area contributed by atoms with E-state index < -0.39 is 180 Å². The van der Waals surface area contributed by atoms with Crippen molar-refractivity contribution in [3.63, 3.8) is 0 Å². The Bertz CT molecular complexity index is 3050. The molecule has 0 unspecified atom stereocenters. The number of hydrogen-bond acceptors (Lipinski definition) is 14. The Morgan fingerprint density at radius 1 is 0.505 bits per heavy atom. The van der Waals surface area contributed by atoms with E-state index in [4.69, 9.17) is 0 Å². The van der Waals surface area contributed by atoms with Crippen LogP contribution in [0.5, 0.6) is 0 Å². The number of aliphatic hydroxyl groups is 1. The average Bonchev–Trinajstić information content (AvgIpc) is 0.812. The van der Waals surface area contributed by atoms with Crippen molar-refractivity contribution in [1.82, 2.24) is 65.8 Å². The highest BCUT2D eigenvalue weighted by Crippen LogP contribution is 2.41. The van der Waals surface area contributed by atoms with Gasteiger partial charge in [0.05, 0.1) is 25.0 Å². The van der Waals surface area contributed by atoms with E-state index in [1.807, 2.05) is 41.5 Å². The molecule has 4 aliphatic rings. The Kier molecular flexibility index (Phi) is 38.2. The number of rotatable bonds is 21. The van der Waals surface area contributed by atoms with Crippen LogP contribution in [0.4, 0.5) is 13.2 Å². The molecule has 622 valence electrons. The van der Waals surface area contributed by atoms with Gasteiger partial charge in [-0.05, 0) is 145 Å². The number of carbonyl (C=O) groups is 13. The standard InChI is InChI=1S/C79H136F3N13O14/c1-20-36-95-46-66(99)89(15)60(40-48(5)6)70(101)86-58(75(106)94-37-26-23-27-38-94)45-65(98)88(14)59(39-47(3)4)69(100)85-57(43-54-30-32-55(33-31-54)79(80,81)82)74(105)91(17)62(42-50(9)10)76(107)90(16)61(41-49(7)8)71(102)84-56(34-35-64(97)83-13)73(104)92(18)63(44-53-28-24-22-25-29-53)77(108)93(19)68(51(11)21-2)72(103)87-67(52(12)96)78(95)109/h47-63,67-68,96H,20-46H2,1-19H3,(H,83,97)(H,84,102)(H,85,100)(H,86,101)(H,87,103)/t51-,52+,54?,55?,56-,57-,58-,59-,60-,61-,62-,63-,67-,68-/m0/s1. The molecule has 0 aromatic heterocycles. The number of carbonyl (C=O) groups excluding carboxylic acids is 13. The fourth-order valence-corrected chi connectivity index (χ4v) is 15.9. The molecule has 2 heterocycles. The zero-order valence-corrected chi connectivity index (χ0v) is 69.0. The van der Waals surface area contributed by atoms with Crippen LogP contribution in [0.3, 0.4) is 0 Å². The summed E-state index contributed by atoms with van der Waals surface area (Å²) >= 11 is 0. The molecule has 2 aliphatic heterocycles. The van der Waals surface area contributed by atoms with Gasteiger partial charge in [-0.25, -0.2) is 0 Å². The first-order valence-electron chi connectivity index (χ1n) is 40.3. The number of amides is 13. The molecule has 0 radical (unpaired) electrons. The van der Waals surface area contributed by atoms with E-state index in [0.717, 1.165) is 40.4 Å². The average molecular weight is 1550 g/mol. The molecule has 4 fully saturated rings. The van der Waals surface area contributed by atoms with Crippen LogP contribution in [-0.4, -0.2) is 269 Å². The van der Waals surface area contributed by atoms with Crippen molar-refractivity contribution in [2.75, 3.05) is 75.5 Å². The molecule has 0 spiro atoms. The molecule has 0 aromatic rings. The molecule has 12 atom stereocenters. The number of hydrogen-bond donors (Lipinski definition) is 6. The summed E-state index contributed by atoms with van der Waals surface area (Å²) in [5.41, 5.74) is 0. The lowest BCUT2D eigenvalue weighted by atomic mass is 9.78. The van der Waals surface area contributed by atoms with Crippen LogP contribution in [0.25, 0.3) is 0 Å². The Balaban J connectivity index is 2.06. The number of piperidine rings is 1. The summed E-state index contributed by atoms with van der Waals surface area (Å²) in [6, 6.07) is -14.2. The van der Waals surface area contributed by atoms with E-state index in [1.165, 1.54) is 75.9 Å². The van der Waals surface area contributed by atoms with E-state index in [0.29, 0.717) is 51.6 Å². The molecule has 30 heteroatoms.